The lowest BCUT2D eigenvalue weighted by Gasteiger charge is -2.33. The molecular weight excluding hydrogens is 699 g/mol. The molecule has 282 valence electrons. The normalized spacial score (nSPS) is 17.1. The predicted octanol–water partition coefficient (Wildman–Crippen LogP) is 13.8. The Morgan fingerprint density at radius 1 is 0.608 bits per heavy atom. The Balaban J connectivity index is 1.37. The molecular formula is C44H67NO2S3Si. The molecule has 5 heterocycles. The van der Waals surface area contributed by atoms with Gasteiger partial charge >= 0.3 is 0 Å². The maximum Gasteiger partial charge on any atom is 0.263 e. The lowest BCUT2D eigenvalue weighted by atomic mass is 10.0. The first-order valence-corrected chi connectivity index (χ1v) is 25.9. The number of aryl methyl sites for hydroxylation is 2. The summed E-state index contributed by atoms with van der Waals surface area (Å²) < 4.78 is 0. The van der Waals surface area contributed by atoms with Crippen molar-refractivity contribution >= 4 is 64.3 Å². The molecule has 0 aromatic carbocycles. The summed E-state index contributed by atoms with van der Waals surface area (Å²) in [5.41, 5.74) is 1.39. The van der Waals surface area contributed by atoms with Crippen LogP contribution in [0.3, 0.4) is 0 Å². The molecule has 2 unspecified atom stereocenters. The van der Waals surface area contributed by atoms with Crippen molar-refractivity contribution in [2.45, 2.75) is 182 Å². The summed E-state index contributed by atoms with van der Waals surface area (Å²) >= 11 is 5.62. The Bertz CT molecular complexity index is 1580. The van der Waals surface area contributed by atoms with Crippen LogP contribution in [0.15, 0.2) is 12.1 Å². The first kappa shape index (κ1) is 40.6. The van der Waals surface area contributed by atoms with Crippen LogP contribution in [0.2, 0.25) is 12.1 Å². The first-order chi connectivity index (χ1) is 24.8. The molecule has 3 nitrogen and oxygen atoms in total. The fourth-order valence-corrected chi connectivity index (χ4v) is 20.0. The van der Waals surface area contributed by atoms with E-state index in [1.54, 1.807) is 26.6 Å². The van der Waals surface area contributed by atoms with Gasteiger partial charge in [0.25, 0.3) is 11.8 Å². The van der Waals surface area contributed by atoms with Crippen LogP contribution >= 0.6 is 34.0 Å². The van der Waals surface area contributed by atoms with E-state index in [2.05, 4.69) is 53.7 Å². The minimum atomic E-state index is -2.01. The van der Waals surface area contributed by atoms with Crippen molar-refractivity contribution in [3.63, 3.8) is 0 Å². The molecule has 0 N–H and O–H groups in total. The molecule has 2 aliphatic heterocycles. The maximum absolute atomic E-state index is 14.1. The second-order valence-electron chi connectivity index (χ2n) is 15.9. The fraction of sp³-hybridized carbons (Fsp3) is 0.682. The molecule has 2 aliphatic rings. The van der Waals surface area contributed by atoms with Gasteiger partial charge in [-0.1, -0.05) is 150 Å². The highest BCUT2D eigenvalue weighted by Crippen LogP contribution is 2.49. The zero-order valence-electron chi connectivity index (χ0n) is 33.0. The monoisotopic (exact) mass is 765 g/mol. The number of fused-ring (bicyclic) bond motifs is 4. The van der Waals surface area contributed by atoms with Crippen molar-refractivity contribution < 1.29 is 9.59 Å². The smallest absolute Gasteiger partial charge is 0.263 e. The Morgan fingerprint density at radius 3 is 1.78 bits per heavy atom. The topological polar surface area (TPSA) is 37.4 Å². The van der Waals surface area contributed by atoms with Crippen LogP contribution in [0.25, 0.3) is 19.5 Å². The van der Waals surface area contributed by atoms with E-state index in [0.29, 0.717) is 17.7 Å². The van der Waals surface area contributed by atoms with Gasteiger partial charge in [0.05, 0.1) is 16.0 Å². The van der Waals surface area contributed by atoms with Gasteiger partial charge in [-0.15, -0.1) is 34.0 Å². The number of hydrogen-bond acceptors (Lipinski definition) is 5. The summed E-state index contributed by atoms with van der Waals surface area (Å²) in [6.45, 7) is 14.2. The van der Waals surface area contributed by atoms with Gasteiger partial charge in [0.15, 0.2) is 0 Å². The molecule has 2 amide bonds. The van der Waals surface area contributed by atoms with Crippen LogP contribution in [0.4, 0.5) is 0 Å². The van der Waals surface area contributed by atoms with E-state index in [0.717, 1.165) is 28.5 Å². The Kier molecular flexibility index (Phi) is 15.7. The number of nitrogens with zero attached hydrogens (tertiary/aromatic N) is 1. The number of carbonyl (C=O) groups excluding carboxylic acids is 2. The number of thiophene rings is 3. The Morgan fingerprint density at radius 2 is 1.16 bits per heavy atom. The highest BCUT2D eigenvalue weighted by atomic mass is 32.1. The summed E-state index contributed by atoms with van der Waals surface area (Å²) in [5, 5.41) is 3.38. The van der Waals surface area contributed by atoms with Crippen molar-refractivity contribution in [1.29, 1.82) is 0 Å². The third-order valence-corrected chi connectivity index (χ3v) is 21.3. The average molecular weight is 766 g/mol. The number of rotatable bonds is 25. The SMILES string of the molecule is CCCCCCCCCCCCN1C(=O)c2c(C)sc(-c3cc4c(s3)-c3sc(C)cc3[Si]4(CCCCCCCC)CC(CC)CCCC)c2C1=O. The maximum atomic E-state index is 14.1. The molecule has 0 bridgehead atoms. The second kappa shape index (κ2) is 19.7. The number of amides is 2. The van der Waals surface area contributed by atoms with Gasteiger partial charge in [0, 0.05) is 30.9 Å². The highest BCUT2D eigenvalue weighted by Gasteiger charge is 2.49. The molecule has 5 rings (SSSR count). The molecule has 0 saturated carbocycles. The summed E-state index contributed by atoms with van der Waals surface area (Å²) in [7, 11) is -2.01. The van der Waals surface area contributed by atoms with E-state index >= 15 is 0 Å². The van der Waals surface area contributed by atoms with E-state index in [4.69, 9.17) is 0 Å². The van der Waals surface area contributed by atoms with Crippen LogP contribution in [0.1, 0.15) is 187 Å². The predicted molar refractivity (Wildman–Crippen MR) is 229 cm³/mol. The molecule has 0 saturated heterocycles. The number of carbonyl (C=O) groups is 2. The molecule has 3 aromatic heterocycles. The third kappa shape index (κ3) is 9.23. The van der Waals surface area contributed by atoms with Gasteiger partial charge < -0.3 is 0 Å². The first-order valence-electron chi connectivity index (χ1n) is 21.1. The Hall–Kier alpha value is -1.54. The number of hydrogen-bond donors (Lipinski definition) is 0. The van der Waals surface area contributed by atoms with E-state index in [-0.39, 0.29) is 11.8 Å². The largest absolute Gasteiger partial charge is 0.274 e. The molecule has 0 radical (unpaired) electrons. The van der Waals surface area contributed by atoms with Crippen LogP contribution in [0.5, 0.6) is 0 Å². The fourth-order valence-electron chi connectivity index (χ4n) is 8.95. The van der Waals surface area contributed by atoms with E-state index in [9.17, 15) is 9.59 Å². The third-order valence-electron chi connectivity index (χ3n) is 11.9. The van der Waals surface area contributed by atoms with E-state index in [1.807, 2.05) is 22.7 Å². The summed E-state index contributed by atoms with van der Waals surface area (Å²) in [5.74, 6) is 0.665. The van der Waals surface area contributed by atoms with E-state index in [1.165, 1.54) is 147 Å². The molecule has 2 atom stereocenters. The quantitative estimate of drug-likeness (QED) is 0.0489. The molecule has 7 heteroatoms. The minimum absolute atomic E-state index is 0.0484. The zero-order chi connectivity index (χ0) is 36.4. The molecule has 3 aromatic rings. The van der Waals surface area contributed by atoms with Crippen molar-refractivity contribution in [1.82, 2.24) is 4.90 Å². The highest BCUT2D eigenvalue weighted by molar-refractivity contribution is 7.32. The van der Waals surface area contributed by atoms with Gasteiger partial charge in [0.1, 0.15) is 8.07 Å². The molecule has 51 heavy (non-hydrogen) atoms. The van der Waals surface area contributed by atoms with E-state index < -0.39 is 8.07 Å². The molecule has 0 spiro atoms. The van der Waals surface area contributed by atoms with Crippen molar-refractivity contribution in [3.8, 4) is 19.5 Å². The standard InChI is InChI=1S/C44H67NO2S3Si/c1-7-11-14-16-18-19-20-21-22-24-27-45-43(46)38-33(6)49-40(39(38)44(45)47)35-30-37-42(50-35)41-36(29-32(5)48-41)51(37,28-25-23-17-15-12-8-2)31-34(10-4)26-13-9-3/h29-30,34H,7-28,31H2,1-6H3. The molecule has 0 aliphatic carbocycles. The number of unbranched alkanes of at least 4 members (excludes halogenated alkanes) is 15. The average Bonchev–Trinajstić information content (AvgIpc) is 3.91. The molecule has 0 fully saturated rings. The van der Waals surface area contributed by atoms with Crippen molar-refractivity contribution in [2.24, 2.45) is 5.92 Å². The van der Waals surface area contributed by atoms with Crippen molar-refractivity contribution in [3.05, 3.63) is 33.0 Å². The van der Waals surface area contributed by atoms with Crippen LogP contribution < -0.4 is 10.4 Å². The zero-order valence-corrected chi connectivity index (χ0v) is 36.4. The van der Waals surface area contributed by atoms with Gasteiger partial charge in [0.2, 0.25) is 0 Å². The summed E-state index contributed by atoms with van der Waals surface area (Å²) in [6, 6.07) is 7.84. The summed E-state index contributed by atoms with van der Waals surface area (Å²) in [4.78, 5) is 37.2. The minimum Gasteiger partial charge on any atom is -0.274 e. The van der Waals surface area contributed by atoms with Gasteiger partial charge in [-0.2, -0.15) is 0 Å². The second-order valence-corrected chi connectivity index (χ2v) is 23.5. The van der Waals surface area contributed by atoms with Crippen LogP contribution in [-0.4, -0.2) is 31.3 Å². The van der Waals surface area contributed by atoms with Gasteiger partial charge in [-0.3, -0.25) is 14.5 Å². The van der Waals surface area contributed by atoms with Gasteiger partial charge in [-0.05, 0) is 60.8 Å². The Labute approximate surface area is 324 Å². The number of imide groups is 1. The lowest BCUT2D eigenvalue weighted by Crippen LogP contribution is -2.55. The summed E-state index contributed by atoms with van der Waals surface area (Å²) in [6.07, 6.45) is 25.7. The van der Waals surface area contributed by atoms with Gasteiger partial charge in [-0.25, -0.2) is 0 Å². The van der Waals surface area contributed by atoms with Crippen molar-refractivity contribution in [2.75, 3.05) is 6.54 Å². The lowest BCUT2D eigenvalue weighted by molar-refractivity contribution is 0.0651. The van der Waals surface area contributed by atoms with Crippen LogP contribution in [-0.2, 0) is 0 Å². The van der Waals surface area contributed by atoms with Crippen LogP contribution in [0, 0.1) is 19.8 Å².